The molecular weight excluding hydrogens is 334 g/mol. The van der Waals surface area contributed by atoms with Crippen LogP contribution in [0.2, 0.25) is 0 Å². The molecule has 10 heteroatoms. The Morgan fingerprint density at radius 2 is 1.76 bits per heavy atom. The highest BCUT2D eigenvalue weighted by atomic mass is 32.2. The van der Waals surface area contributed by atoms with Gasteiger partial charge in [-0.05, 0) is 35.2 Å². The van der Waals surface area contributed by atoms with E-state index in [9.17, 15) is 16.8 Å². The molecule has 114 valence electrons. The number of hydrogen-bond donors (Lipinski definition) is 3. The molecule has 0 saturated carbocycles. The summed E-state index contributed by atoms with van der Waals surface area (Å²) in [5.41, 5.74) is 1.29. The van der Waals surface area contributed by atoms with Crippen LogP contribution in [0.5, 0.6) is 0 Å². The van der Waals surface area contributed by atoms with E-state index >= 15 is 0 Å². The second-order valence-corrected chi connectivity index (χ2v) is 8.51. The molecule has 0 amide bonds. The van der Waals surface area contributed by atoms with Gasteiger partial charge in [0.25, 0.3) is 0 Å². The van der Waals surface area contributed by atoms with Gasteiger partial charge in [-0.1, -0.05) is 6.07 Å². The molecular formula is C11H13N3O4S3. The van der Waals surface area contributed by atoms with Gasteiger partial charge >= 0.3 is 0 Å². The molecule has 0 saturated heterocycles. The van der Waals surface area contributed by atoms with Crippen LogP contribution in [0, 0.1) is 0 Å². The predicted molar refractivity (Wildman–Crippen MR) is 80.8 cm³/mol. The van der Waals surface area contributed by atoms with E-state index in [-0.39, 0.29) is 9.10 Å². The fraction of sp³-hybridized carbons (Fsp3) is 0.0909. The molecule has 0 unspecified atom stereocenters. The molecule has 0 bridgehead atoms. The van der Waals surface area contributed by atoms with E-state index in [0.717, 1.165) is 16.9 Å². The van der Waals surface area contributed by atoms with Crippen molar-refractivity contribution in [2.75, 3.05) is 5.32 Å². The Hall–Kier alpha value is -1.46. The first kappa shape index (κ1) is 15.9. The largest absolute Gasteiger partial charge is 0.381 e. The SMILES string of the molecule is NS(=O)(=O)c1cccc(NCc2csc(S(N)(=O)=O)c2)c1. The molecule has 1 aromatic carbocycles. The van der Waals surface area contributed by atoms with Gasteiger partial charge in [-0.3, -0.25) is 0 Å². The van der Waals surface area contributed by atoms with Crippen molar-refractivity contribution in [3.05, 3.63) is 41.3 Å². The molecule has 0 aliphatic rings. The molecule has 0 aliphatic heterocycles. The minimum atomic E-state index is -3.76. The van der Waals surface area contributed by atoms with Gasteiger partial charge in [-0.2, -0.15) is 0 Å². The first-order chi connectivity index (χ1) is 9.66. The topological polar surface area (TPSA) is 132 Å². The lowest BCUT2D eigenvalue weighted by molar-refractivity contribution is 0.596. The quantitative estimate of drug-likeness (QED) is 0.730. The number of benzene rings is 1. The normalized spacial score (nSPS) is 12.3. The van der Waals surface area contributed by atoms with Crippen LogP contribution in [0.1, 0.15) is 5.56 Å². The molecule has 2 aromatic rings. The maximum absolute atomic E-state index is 11.2. The highest BCUT2D eigenvalue weighted by Gasteiger charge is 2.11. The van der Waals surface area contributed by atoms with Gasteiger partial charge in [-0.15, -0.1) is 11.3 Å². The minimum absolute atomic E-state index is 0.00282. The summed E-state index contributed by atoms with van der Waals surface area (Å²) in [6.45, 7) is 0.333. The van der Waals surface area contributed by atoms with E-state index in [1.54, 1.807) is 17.5 Å². The minimum Gasteiger partial charge on any atom is -0.381 e. The van der Waals surface area contributed by atoms with Crippen LogP contribution in [-0.2, 0) is 26.6 Å². The van der Waals surface area contributed by atoms with Crippen molar-refractivity contribution in [1.29, 1.82) is 0 Å². The van der Waals surface area contributed by atoms with Gasteiger partial charge in [0.05, 0.1) is 4.90 Å². The Balaban J connectivity index is 2.12. The summed E-state index contributed by atoms with van der Waals surface area (Å²) in [6, 6.07) is 7.51. The Labute approximate surface area is 126 Å². The smallest absolute Gasteiger partial charge is 0.247 e. The summed E-state index contributed by atoms with van der Waals surface area (Å²) in [5, 5.41) is 14.7. The van der Waals surface area contributed by atoms with Gasteiger partial charge in [0.15, 0.2) is 0 Å². The second-order valence-electron chi connectivity index (χ2n) is 4.25. The lowest BCUT2D eigenvalue weighted by atomic mass is 10.3. The average molecular weight is 347 g/mol. The van der Waals surface area contributed by atoms with Crippen molar-refractivity contribution in [3.63, 3.8) is 0 Å². The summed E-state index contributed by atoms with van der Waals surface area (Å²) >= 11 is 1.03. The summed E-state index contributed by atoms with van der Waals surface area (Å²) < 4.78 is 44.9. The number of primary sulfonamides is 2. The monoisotopic (exact) mass is 347 g/mol. The first-order valence-electron chi connectivity index (χ1n) is 5.63. The predicted octanol–water partition coefficient (Wildman–Crippen LogP) is 0.655. The molecule has 0 aliphatic carbocycles. The molecule has 7 nitrogen and oxygen atoms in total. The van der Waals surface area contributed by atoms with E-state index < -0.39 is 20.0 Å². The van der Waals surface area contributed by atoms with Gasteiger partial charge in [0.1, 0.15) is 4.21 Å². The molecule has 0 atom stereocenters. The van der Waals surface area contributed by atoms with Crippen LogP contribution in [0.3, 0.4) is 0 Å². The molecule has 1 aromatic heterocycles. The maximum atomic E-state index is 11.2. The van der Waals surface area contributed by atoms with Crippen molar-refractivity contribution in [1.82, 2.24) is 0 Å². The number of hydrogen-bond acceptors (Lipinski definition) is 6. The standard InChI is InChI=1S/C11H13N3O4S3/c12-20(15,16)10-3-1-2-9(5-10)14-6-8-4-11(19-7-8)21(13,17)18/h1-5,7,14H,6H2,(H2,12,15,16)(H2,13,17,18). The van der Waals surface area contributed by atoms with Gasteiger partial charge < -0.3 is 5.32 Å². The zero-order valence-corrected chi connectivity index (χ0v) is 13.1. The fourth-order valence-electron chi connectivity index (χ4n) is 1.58. The molecule has 5 N–H and O–H groups in total. The van der Waals surface area contributed by atoms with E-state index in [0.29, 0.717) is 12.2 Å². The van der Waals surface area contributed by atoms with E-state index in [2.05, 4.69) is 5.32 Å². The van der Waals surface area contributed by atoms with Gasteiger partial charge in [0.2, 0.25) is 20.0 Å². The Bertz CT molecular complexity index is 856. The van der Waals surface area contributed by atoms with Crippen molar-refractivity contribution < 1.29 is 16.8 Å². The average Bonchev–Trinajstić information content (AvgIpc) is 2.84. The maximum Gasteiger partial charge on any atom is 0.247 e. The number of rotatable bonds is 5. The third-order valence-electron chi connectivity index (χ3n) is 2.57. The van der Waals surface area contributed by atoms with Gasteiger partial charge in [-0.25, -0.2) is 27.1 Å². The van der Waals surface area contributed by atoms with Crippen LogP contribution in [0.25, 0.3) is 0 Å². The van der Waals surface area contributed by atoms with Crippen LogP contribution in [-0.4, -0.2) is 16.8 Å². The second kappa shape index (κ2) is 5.73. The summed E-state index contributed by atoms with van der Waals surface area (Å²) in [7, 11) is -7.45. The zero-order chi connectivity index (χ0) is 15.7. The number of sulfonamides is 2. The van der Waals surface area contributed by atoms with E-state index in [1.165, 1.54) is 18.2 Å². The third kappa shape index (κ3) is 4.25. The van der Waals surface area contributed by atoms with E-state index in [4.69, 9.17) is 10.3 Å². The Morgan fingerprint density at radius 3 is 2.33 bits per heavy atom. The molecule has 2 rings (SSSR count). The number of nitrogens with two attached hydrogens (primary N) is 2. The highest BCUT2D eigenvalue weighted by Crippen LogP contribution is 2.20. The van der Waals surface area contributed by atoms with Crippen LogP contribution < -0.4 is 15.6 Å². The van der Waals surface area contributed by atoms with Crippen LogP contribution in [0.15, 0.2) is 44.8 Å². The first-order valence-corrected chi connectivity index (χ1v) is 9.60. The summed E-state index contributed by atoms with van der Waals surface area (Å²) in [5.74, 6) is 0. The lowest BCUT2D eigenvalue weighted by Gasteiger charge is -2.06. The zero-order valence-electron chi connectivity index (χ0n) is 10.7. The number of thiophene rings is 1. The Morgan fingerprint density at radius 1 is 1.05 bits per heavy atom. The fourth-order valence-corrected chi connectivity index (χ4v) is 3.78. The van der Waals surface area contributed by atoms with Crippen molar-refractivity contribution in [3.8, 4) is 0 Å². The van der Waals surface area contributed by atoms with Crippen molar-refractivity contribution in [2.45, 2.75) is 15.6 Å². The molecule has 1 heterocycles. The van der Waals surface area contributed by atoms with Crippen LogP contribution in [0.4, 0.5) is 5.69 Å². The molecule has 0 fully saturated rings. The summed E-state index contributed by atoms with van der Waals surface area (Å²) in [6.07, 6.45) is 0. The highest BCUT2D eigenvalue weighted by molar-refractivity contribution is 7.91. The number of nitrogens with one attached hydrogen (secondary N) is 1. The number of anilines is 1. The lowest BCUT2D eigenvalue weighted by Crippen LogP contribution is -2.12. The van der Waals surface area contributed by atoms with Gasteiger partial charge in [0, 0.05) is 12.2 Å². The third-order valence-corrected chi connectivity index (χ3v) is 5.92. The van der Waals surface area contributed by atoms with Crippen LogP contribution >= 0.6 is 11.3 Å². The molecule has 0 radical (unpaired) electrons. The van der Waals surface area contributed by atoms with Crippen molar-refractivity contribution >= 4 is 37.1 Å². The van der Waals surface area contributed by atoms with E-state index in [1.807, 2.05) is 0 Å². The molecule has 0 spiro atoms. The van der Waals surface area contributed by atoms with Crippen molar-refractivity contribution in [2.24, 2.45) is 10.3 Å². The molecule has 21 heavy (non-hydrogen) atoms. The Kier molecular flexibility index (Phi) is 4.35. The summed E-state index contributed by atoms with van der Waals surface area (Å²) in [4.78, 5) is 0.00282.